The van der Waals surface area contributed by atoms with E-state index in [2.05, 4.69) is 5.32 Å². The highest BCUT2D eigenvalue weighted by molar-refractivity contribution is 6.02. The Morgan fingerprint density at radius 3 is 2.53 bits per heavy atom. The highest BCUT2D eigenvalue weighted by atomic mass is 16.6. The van der Waals surface area contributed by atoms with Crippen molar-refractivity contribution in [3.05, 3.63) is 23.8 Å². The fourth-order valence-electron chi connectivity index (χ4n) is 3.41. The minimum atomic E-state index is -0.501. The van der Waals surface area contributed by atoms with Gasteiger partial charge in [0.1, 0.15) is 11.6 Å². The van der Waals surface area contributed by atoms with Crippen LogP contribution in [0.5, 0.6) is 0 Å². The number of likely N-dealkylation sites (N-methyl/N-ethyl adjacent to an activating group) is 1. The van der Waals surface area contributed by atoms with E-state index in [4.69, 9.17) is 4.74 Å². The van der Waals surface area contributed by atoms with Crippen LogP contribution in [0.2, 0.25) is 0 Å². The third kappa shape index (κ3) is 6.30. The van der Waals surface area contributed by atoms with Crippen molar-refractivity contribution in [3.63, 3.8) is 0 Å². The van der Waals surface area contributed by atoms with Gasteiger partial charge >= 0.3 is 5.97 Å². The fraction of sp³-hybridized carbons (Fsp3) is 0.545. The molecule has 1 heterocycles. The summed E-state index contributed by atoms with van der Waals surface area (Å²) in [7, 11) is 3.42. The van der Waals surface area contributed by atoms with Crippen LogP contribution in [0, 0.1) is 0 Å². The first-order valence-electron chi connectivity index (χ1n) is 10.1. The van der Waals surface area contributed by atoms with Gasteiger partial charge in [0.15, 0.2) is 0 Å². The van der Waals surface area contributed by atoms with Gasteiger partial charge in [0.25, 0.3) is 0 Å². The summed E-state index contributed by atoms with van der Waals surface area (Å²) in [6.45, 7) is 5.51. The zero-order valence-corrected chi connectivity index (χ0v) is 18.4. The molecule has 3 amide bonds. The number of nitrogens with one attached hydrogen (secondary N) is 1. The van der Waals surface area contributed by atoms with Crippen LogP contribution in [0.3, 0.4) is 0 Å². The fourth-order valence-corrected chi connectivity index (χ4v) is 3.41. The van der Waals surface area contributed by atoms with Crippen LogP contribution < -0.4 is 15.1 Å². The molecule has 2 rings (SSSR count). The van der Waals surface area contributed by atoms with Crippen LogP contribution in [-0.4, -0.2) is 49.9 Å². The summed E-state index contributed by atoms with van der Waals surface area (Å²) in [6.07, 6.45) is 3.00. The molecule has 0 aromatic heterocycles. The molecule has 164 valence electrons. The summed E-state index contributed by atoms with van der Waals surface area (Å²) in [5.74, 6) is -0.841. The lowest BCUT2D eigenvalue weighted by atomic mass is 10.0. The van der Waals surface area contributed by atoms with Crippen molar-refractivity contribution in [3.8, 4) is 0 Å². The zero-order chi connectivity index (χ0) is 22.5. The van der Waals surface area contributed by atoms with Gasteiger partial charge in [0.05, 0.1) is 11.4 Å². The second-order valence-electron chi connectivity index (χ2n) is 8.56. The minimum absolute atomic E-state index is 0.234. The molecule has 0 aliphatic carbocycles. The van der Waals surface area contributed by atoms with E-state index in [-0.39, 0.29) is 24.2 Å². The van der Waals surface area contributed by atoms with Gasteiger partial charge < -0.3 is 14.5 Å². The van der Waals surface area contributed by atoms with Gasteiger partial charge in [-0.3, -0.25) is 24.5 Å². The van der Waals surface area contributed by atoms with E-state index >= 15 is 0 Å². The lowest BCUT2D eigenvalue weighted by Gasteiger charge is -2.33. The summed E-state index contributed by atoms with van der Waals surface area (Å²) in [5, 5.41) is 2.36. The van der Waals surface area contributed by atoms with E-state index in [1.54, 1.807) is 19.0 Å². The number of rotatable bonds is 8. The van der Waals surface area contributed by atoms with Gasteiger partial charge in [-0.15, -0.1) is 0 Å². The molecular formula is C22H31N3O5. The van der Waals surface area contributed by atoms with Crippen LogP contribution >= 0.6 is 0 Å². The SMILES string of the molecule is CN(C=O)c1cc(CCCC(=O)OC(C)(C)C)ccc1N(C)C1CCC(=O)NC1=O. The van der Waals surface area contributed by atoms with Crippen LogP contribution in [0.4, 0.5) is 11.4 Å². The first kappa shape index (κ1) is 23.4. The predicted octanol–water partition coefficient (Wildman–Crippen LogP) is 2.19. The van der Waals surface area contributed by atoms with Crippen molar-refractivity contribution >= 4 is 35.6 Å². The molecule has 1 aromatic rings. The maximum atomic E-state index is 12.2. The number of benzene rings is 1. The van der Waals surface area contributed by atoms with E-state index in [0.29, 0.717) is 37.8 Å². The Bertz CT molecular complexity index is 815. The number of piperidine rings is 1. The van der Waals surface area contributed by atoms with Crippen LogP contribution in [0.1, 0.15) is 52.0 Å². The number of anilines is 2. The Balaban J connectivity index is 2.13. The zero-order valence-electron chi connectivity index (χ0n) is 18.4. The topological polar surface area (TPSA) is 96.0 Å². The summed E-state index contributed by atoms with van der Waals surface area (Å²) in [5.41, 5.74) is 1.85. The molecule has 1 aliphatic heterocycles. The van der Waals surface area contributed by atoms with E-state index in [0.717, 1.165) is 11.3 Å². The molecule has 1 unspecified atom stereocenters. The number of hydrogen-bond acceptors (Lipinski definition) is 6. The van der Waals surface area contributed by atoms with E-state index in [1.807, 2.05) is 39.0 Å². The minimum Gasteiger partial charge on any atom is -0.460 e. The Labute approximate surface area is 177 Å². The molecule has 8 heteroatoms. The van der Waals surface area contributed by atoms with Crippen molar-refractivity contribution in [1.29, 1.82) is 0 Å². The number of esters is 1. The van der Waals surface area contributed by atoms with E-state index in [9.17, 15) is 19.2 Å². The number of ether oxygens (including phenoxy) is 1. The summed E-state index contributed by atoms with van der Waals surface area (Å²) in [4.78, 5) is 50.2. The van der Waals surface area contributed by atoms with Gasteiger partial charge in [-0.25, -0.2) is 0 Å². The predicted molar refractivity (Wildman–Crippen MR) is 114 cm³/mol. The first-order chi connectivity index (χ1) is 14.0. The van der Waals surface area contributed by atoms with Crippen molar-refractivity contribution in [2.75, 3.05) is 23.9 Å². The van der Waals surface area contributed by atoms with E-state index < -0.39 is 11.6 Å². The summed E-state index contributed by atoms with van der Waals surface area (Å²) < 4.78 is 5.33. The monoisotopic (exact) mass is 417 g/mol. The molecule has 1 N–H and O–H groups in total. The number of carbonyl (C=O) groups excluding carboxylic acids is 4. The van der Waals surface area contributed by atoms with Crippen LogP contribution in [0.15, 0.2) is 18.2 Å². The first-order valence-corrected chi connectivity index (χ1v) is 10.1. The van der Waals surface area contributed by atoms with Crippen molar-refractivity contribution in [2.24, 2.45) is 0 Å². The number of aryl methyl sites for hydroxylation is 1. The lowest BCUT2D eigenvalue weighted by molar-refractivity contribution is -0.155. The maximum Gasteiger partial charge on any atom is 0.306 e. The average Bonchev–Trinajstić information content (AvgIpc) is 2.65. The van der Waals surface area contributed by atoms with Crippen LogP contribution in [-0.2, 0) is 30.3 Å². The highest BCUT2D eigenvalue weighted by Gasteiger charge is 2.31. The number of nitrogens with zero attached hydrogens (tertiary/aromatic N) is 2. The Morgan fingerprint density at radius 1 is 1.23 bits per heavy atom. The molecule has 8 nitrogen and oxygen atoms in total. The third-order valence-electron chi connectivity index (χ3n) is 4.90. The van der Waals surface area contributed by atoms with Gasteiger partial charge in [-0.05, 0) is 57.7 Å². The average molecular weight is 418 g/mol. The number of carbonyl (C=O) groups is 4. The standard InChI is InChI=1S/C22H31N3O5/c1-22(2,3)30-20(28)8-6-7-15-9-10-16(18(13-15)24(4)14-26)25(5)17-11-12-19(27)23-21(17)29/h9-10,13-14,17H,6-8,11-12H2,1-5H3,(H,23,27,29). The quantitative estimate of drug-likeness (QED) is 0.396. The van der Waals surface area contributed by atoms with Crippen molar-refractivity contribution < 1.29 is 23.9 Å². The molecule has 1 aromatic carbocycles. The molecule has 1 fully saturated rings. The summed E-state index contributed by atoms with van der Waals surface area (Å²) >= 11 is 0. The number of imide groups is 1. The molecular weight excluding hydrogens is 386 g/mol. The Morgan fingerprint density at radius 2 is 1.93 bits per heavy atom. The van der Waals surface area contributed by atoms with Crippen molar-refractivity contribution in [2.45, 2.75) is 64.5 Å². The molecule has 30 heavy (non-hydrogen) atoms. The number of amides is 3. The van der Waals surface area contributed by atoms with Crippen molar-refractivity contribution in [1.82, 2.24) is 5.32 Å². The smallest absolute Gasteiger partial charge is 0.306 e. The normalized spacial score (nSPS) is 16.6. The second-order valence-corrected chi connectivity index (χ2v) is 8.56. The highest BCUT2D eigenvalue weighted by Crippen LogP contribution is 2.32. The van der Waals surface area contributed by atoms with Gasteiger partial charge in [-0.2, -0.15) is 0 Å². The maximum absolute atomic E-state index is 12.2. The third-order valence-corrected chi connectivity index (χ3v) is 4.90. The molecule has 0 radical (unpaired) electrons. The summed E-state index contributed by atoms with van der Waals surface area (Å²) in [6, 6.07) is 5.19. The van der Waals surface area contributed by atoms with Gasteiger partial charge in [0, 0.05) is 26.9 Å². The second kappa shape index (κ2) is 9.73. The molecule has 1 saturated heterocycles. The molecule has 0 bridgehead atoms. The van der Waals surface area contributed by atoms with Crippen LogP contribution in [0.25, 0.3) is 0 Å². The number of hydrogen-bond donors (Lipinski definition) is 1. The molecule has 0 spiro atoms. The van der Waals surface area contributed by atoms with Gasteiger partial charge in [0.2, 0.25) is 18.2 Å². The lowest BCUT2D eigenvalue weighted by Crippen LogP contribution is -2.51. The molecule has 1 atom stereocenters. The Kier molecular flexibility index (Phi) is 7.59. The Hall–Kier alpha value is -2.90. The molecule has 1 aliphatic rings. The molecule has 0 saturated carbocycles. The van der Waals surface area contributed by atoms with Gasteiger partial charge in [-0.1, -0.05) is 6.07 Å². The van der Waals surface area contributed by atoms with E-state index in [1.165, 1.54) is 4.90 Å². The largest absolute Gasteiger partial charge is 0.460 e.